The monoisotopic (exact) mass is 357 g/mol. The molecule has 1 aromatic carbocycles. The number of aromatic nitrogens is 1. The summed E-state index contributed by atoms with van der Waals surface area (Å²) < 4.78 is 5.72. The molecule has 0 aliphatic carbocycles. The van der Waals surface area contributed by atoms with Crippen molar-refractivity contribution in [1.82, 2.24) is 9.88 Å². The number of likely N-dealkylation sites (tertiary alicyclic amines) is 1. The molecule has 1 atom stereocenters. The molecule has 5 nitrogen and oxygen atoms in total. The Bertz CT molecular complexity index is 739. The van der Waals surface area contributed by atoms with Crippen LogP contribution in [0.2, 0.25) is 0 Å². The smallest absolute Gasteiger partial charge is 0.246 e. The van der Waals surface area contributed by atoms with Crippen LogP contribution >= 0.6 is 11.3 Å². The van der Waals surface area contributed by atoms with E-state index in [1.165, 1.54) is 0 Å². The van der Waals surface area contributed by atoms with Crippen LogP contribution in [-0.4, -0.2) is 34.9 Å². The molecule has 1 aliphatic rings. The molecule has 132 valence electrons. The van der Waals surface area contributed by atoms with E-state index in [9.17, 15) is 4.79 Å². The number of hydrogen-bond donors (Lipinski definition) is 1. The maximum atomic E-state index is 12.2. The quantitative estimate of drug-likeness (QED) is 0.835. The first-order valence-corrected chi connectivity index (χ1v) is 9.34. The fourth-order valence-corrected chi connectivity index (χ4v) is 3.39. The molecule has 0 saturated carbocycles. The minimum Gasteiger partial charge on any atom is -0.487 e. The molecule has 1 fully saturated rings. The van der Waals surface area contributed by atoms with Crippen LogP contribution in [0.4, 0.5) is 0 Å². The lowest BCUT2D eigenvalue weighted by Gasteiger charge is -2.29. The van der Waals surface area contributed by atoms with Crippen molar-refractivity contribution in [2.45, 2.75) is 32.4 Å². The van der Waals surface area contributed by atoms with Crippen LogP contribution in [0, 0.1) is 6.92 Å². The van der Waals surface area contributed by atoms with Crippen LogP contribution in [0.15, 0.2) is 35.7 Å². The highest BCUT2D eigenvalue weighted by Gasteiger charge is 2.19. The lowest BCUT2D eigenvalue weighted by Crippen LogP contribution is -2.45. The zero-order chi connectivity index (χ0) is 17.6. The fraction of sp³-hybridized carbons (Fsp3) is 0.368. The van der Waals surface area contributed by atoms with E-state index in [-0.39, 0.29) is 11.9 Å². The summed E-state index contributed by atoms with van der Waals surface area (Å²) >= 11 is 1.62. The summed E-state index contributed by atoms with van der Waals surface area (Å²) in [5, 5.41) is 3.04. The van der Waals surface area contributed by atoms with Crippen molar-refractivity contribution in [3.8, 4) is 5.75 Å². The number of nitrogens with zero attached hydrogens (tertiary/aromatic N) is 2. The summed E-state index contributed by atoms with van der Waals surface area (Å²) in [5.74, 6) is 0.811. The summed E-state index contributed by atoms with van der Waals surface area (Å²) in [7, 11) is 0. The standard InChI is InChI=1S/C19H23N3O2S/c1-14-21-17(13-25-14)12-24-18-7-4-15(5-8-18)6-9-19(23)22-10-2-3-16(20)11-22/h4-9,13,16H,2-3,10-12,20H2,1H3/b9-6+. The van der Waals surface area contributed by atoms with Gasteiger partial charge in [-0.25, -0.2) is 4.98 Å². The van der Waals surface area contributed by atoms with Gasteiger partial charge in [-0.1, -0.05) is 12.1 Å². The Morgan fingerprint density at radius 1 is 1.44 bits per heavy atom. The average Bonchev–Trinajstić information content (AvgIpc) is 3.04. The van der Waals surface area contributed by atoms with Crippen LogP contribution in [0.3, 0.4) is 0 Å². The van der Waals surface area contributed by atoms with Crippen molar-refractivity contribution in [3.05, 3.63) is 52.0 Å². The number of nitrogens with two attached hydrogens (primary N) is 1. The van der Waals surface area contributed by atoms with Crippen molar-refractivity contribution in [2.24, 2.45) is 5.73 Å². The van der Waals surface area contributed by atoms with Gasteiger partial charge in [-0.2, -0.15) is 0 Å². The van der Waals surface area contributed by atoms with Gasteiger partial charge in [0.05, 0.1) is 10.7 Å². The molecule has 2 heterocycles. The van der Waals surface area contributed by atoms with E-state index in [4.69, 9.17) is 10.5 Å². The van der Waals surface area contributed by atoms with E-state index in [1.807, 2.05) is 47.5 Å². The molecule has 0 radical (unpaired) electrons. The van der Waals surface area contributed by atoms with E-state index in [0.717, 1.165) is 41.4 Å². The van der Waals surface area contributed by atoms with Crippen molar-refractivity contribution >= 4 is 23.3 Å². The predicted octanol–water partition coefficient (Wildman–Crippen LogP) is 2.99. The molecule has 1 aromatic heterocycles. The summed E-state index contributed by atoms with van der Waals surface area (Å²) in [6, 6.07) is 7.78. The van der Waals surface area contributed by atoms with Crippen molar-refractivity contribution in [1.29, 1.82) is 0 Å². The molecule has 6 heteroatoms. The number of hydrogen-bond acceptors (Lipinski definition) is 5. The minimum absolute atomic E-state index is 0.0226. The molecule has 0 bridgehead atoms. The minimum atomic E-state index is 0.0226. The highest BCUT2D eigenvalue weighted by Crippen LogP contribution is 2.16. The number of rotatable bonds is 5. The van der Waals surface area contributed by atoms with Gasteiger partial charge in [0.1, 0.15) is 12.4 Å². The first-order chi connectivity index (χ1) is 12.1. The third-order valence-corrected chi connectivity index (χ3v) is 4.94. The van der Waals surface area contributed by atoms with Crippen LogP contribution in [0.25, 0.3) is 6.08 Å². The van der Waals surface area contributed by atoms with Crippen LogP contribution in [0.5, 0.6) is 5.75 Å². The zero-order valence-electron chi connectivity index (χ0n) is 14.4. The number of piperidine rings is 1. The number of thiazole rings is 1. The highest BCUT2D eigenvalue weighted by molar-refractivity contribution is 7.09. The molecule has 1 aliphatic heterocycles. The predicted molar refractivity (Wildman–Crippen MR) is 100 cm³/mol. The van der Waals surface area contributed by atoms with Crippen molar-refractivity contribution < 1.29 is 9.53 Å². The molecule has 2 aromatic rings. The van der Waals surface area contributed by atoms with Gasteiger partial charge in [0, 0.05) is 30.6 Å². The Kier molecular flexibility index (Phi) is 5.83. The molecule has 1 amide bonds. The van der Waals surface area contributed by atoms with Gasteiger partial charge in [0.2, 0.25) is 5.91 Å². The first-order valence-electron chi connectivity index (χ1n) is 8.46. The van der Waals surface area contributed by atoms with E-state index in [0.29, 0.717) is 13.2 Å². The molecule has 1 saturated heterocycles. The van der Waals surface area contributed by atoms with Gasteiger partial charge in [-0.15, -0.1) is 11.3 Å². The zero-order valence-corrected chi connectivity index (χ0v) is 15.2. The van der Waals surface area contributed by atoms with Gasteiger partial charge >= 0.3 is 0 Å². The Hall–Kier alpha value is -2.18. The SMILES string of the molecule is Cc1nc(COc2ccc(/C=C/C(=O)N3CCCC(N)C3)cc2)cs1. The Morgan fingerprint density at radius 3 is 2.92 bits per heavy atom. The highest BCUT2D eigenvalue weighted by atomic mass is 32.1. The van der Waals surface area contributed by atoms with Crippen molar-refractivity contribution in [3.63, 3.8) is 0 Å². The number of aryl methyl sites for hydroxylation is 1. The number of amides is 1. The maximum Gasteiger partial charge on any atom is 0.246 e. The Balaban J connectivity index is 1.52. The molecule has 3 rings (SSSR count). The summed E-state index contributed by atoms with van der Waals surface area (Å²) in [4.78, 5) is 18.4. The van der Waals surface area contributed by atoms with Crippen LogP contribution < -0.4 is 10.5 Å². The van der Waals surface area contributed by atoms with Gasteiger partial charge in [-0.05, 0) is 43.5 Å². The van der Waals surface area contributed by atoms with E-state index in [2.05, 4.69) is 4.98 Å². The van der Waals surface area contributed by atoms with E-state index in [1.54, 1.807) is 17.4 Å². The molecule has 1 unspecified atom stereocenters. The normalized spacial score (nSPS) is 17.8. The Labute approximate surface area is 152 Å². The fourth-order valence-electron chi connectivity index (χ4n) is 2.79. The second-order valence-corrected chi connectivity index (χ2v) is 7.30. The van der Waals surface area contributed by atoms with Crippen LogP contribution in [0.1, 0.15) is 29.1 Å². The van der Waals surface area contributed by atoms with E-state index >= 15 is 0 Å². The Morgan fingerprint density at radius 2 is 2.24 bits per heavy atom. The molecule has 25 heavy (non-hydrogen) atoms. The maximum absolute atomic E-state index is 12.2. The largest absolute Gasteiger partial charge is 0.487 e. The molecule has 2 N–H and O–H groups in total. The lowest BCUT2D eigenvalue weighted by molar-refractivity contribution is -0.127. The first kappa shape index (κ1) is 17.6. The molecular formula is C19H23N3O2S. The second kappa shape index (κ2) is 8.27. The average molecular weight is 357 g/mol. The number of ether oxygens (including phenoxy) is 1. The molecule has 0 spiro atoms. The number of carbonyl (C=O) groups is 1. The number of carbonyl (C=O) groups excluding carboxylic acids is 1. The summed E-state index contributed by atoms with van der Waals surface area (Å²) in [6.07, 6.45) is 5.42. The van der Waals surface area contributed by atoms with Gasteiger partial charge in [0.15, 0.2) is 0 Å². The van der Waals surface area contributed by atoms with Crippen LogP contribution in [-0.2, 0) is 11.4 Å². The second-order valence-electron chi connectivity index (χ2n) is 6.24. The van der Waals surface area contributed by atoms with Gasteiger partial charge in [0.25, 0.3) is 0 Å². The third kappa shape index (κ3) is 5.14. The topological polar surface area (TPSA) is 68.5 Å². The number of benzene rings is 1. The van der Waals surface area contributed by atoms with E-state index < -0.39 is 0 Å². The summed E-state index contributed by atoms with van der Waals surface area (Å²) in [6.45, 7) is 3.88. The lowest BCUT2D eigenvalue weighted by atomic mass is 10.1. The van der Waals surface area contributed by atoms with Crippen molar-refractivity contribution in [2.75, 3.05) is 13.1 Å². The van der Waals surface area contributed by atoms with Gasteiger partial charge < -0.3 is 15.4 Å². The van der Waals surface area contributed by atoms with Gasteiger partial charge in [-0.3, -0.25) is 4.79 Å². The third-order valence-electron chi connectivity index (χ3n) is 4.12. The molecular weight excluding hydrogens is 334 g/mol. The summed E-state index contributed by atoms with van der Waals surface area (Å²) in [5.41, 5.74) is 7.83.